The molecule has 142 valence electrons. The summed E-state index contributed by atoms with van der Waals surface area (Å²) in [6.07, 6.45) is 2.41. The van der Waals surface area contributed by atoms with Crippen molar-refractivity contribution in [2.75, 3.05) is 43.1 Å². The van der Waals surface area contributed by atoms with Gasteiger partial charge in [0.2, 0.25) is 0 Å². The highest BCUT2D eigenvalue weighted by atomic mass is 19.1. The first kappa shape index (κ1) is 18.8. The minimum Gasteiger partial charge on any atom is -0.383 e. The second-order valence-electron chi connectivity index (χ2n) is 6.62. The van der Waals surface area contributed by atoms with Gasteiger partial charge in [0.25, 0.3) is 5.91 Å². The van der Waals surface area contributed by atoms with Crippen LogP contribution in [0, 0.1) is 11.6 Å². The van der Waals surface area contributed by atoms with Crippen molar-refractivity contribution in [2.45, 2.75) is 6.42 Å². The van der Waals surface area contributed by atoms with Crippen LogP contribution < -0.4 is 16.0 Å². The highest BCUT2D eigenvalue weighted by Crippen LogP contribution is 2.32. The Bertz CT molecular complexity index is 880. The summed E-state index contributed by atoms with van der Waals surface area (Å²) in [5, 5.41) is 8.61. The zero-order valence-corrected chi connectivity index (χ0v) is 15.3. The highest BCUT2D eigenvalue weighted by molar-refractivity contribution is 6.31. The van der Waals surface area contributed by atoms with E-state index in [1.165, 1.54) is 30.5 Å². The van der Waals surface area contributed by atoms with E-state index in [9.17, 15) is 13.6 Å². The van der Waals surface area contributed by atoms with E-state index in [-0.39, 0.29) is 11.7 Å². The van der Waals surface area contributed by atoms with E-state index < -0.39 is 5.82 Å². The molecule has 2 aromatic rings. The summed E-state index contributed by atoms with van der Waals surface area (Å²) in [7, 11) is 3.99. The van der Waals surface area contributed by atoms with Gasteiger partial charge in [-0.15, -0.1) is 0 Å². The van der Waals surface area contributed by atoms with Gasteiger partial charge in [0.1, 0.15) is 11.6 Å². The topological polar surface area (TPSA) is 56.4 Å². The molecule has 1 aliphatic rings. The van der Waals surface area contributed by atoms with Gasteiger partial charge < -0.3 is 20.9 Å². The summed E-state index contributed by atoms with van der Waals surface area (Å²) in [6.45, 7) is 1.61. The summed E-state index contributed by atoms with van der Waals surface area (Å²) < 4.78 is 27.5. The highest BCUT2D eigenvalue weighted by Gasteiger charge is 2.24. The first-order valence-corrected chi connectivity index (χ1v) is 8.70. The molecule has 0 saturated heterocycles. The van der Waals surface area contributed by atoms with E-state index in [0.717, 1.165) is 13.0 Å². The number of nitrogens with zero attached hydrogens (tertiary/aromatic N) is 1. The molecule has 0 unspecified atom stereocenters. The maximum Gasteiger partial charge on any atom is 0.257 e. The molecule has 3 N–H and O–H groups in total. The molecule has 0 bridgehead atoms. The lowest BCUT2D eigenvalue weighted by atomic mass is 10.1. The predicted octanol–water partition coefficient (Wildman–Crippen LogP) is 3.73. The van der Waals surface area contributed by atoms with Gasteiger partial charge in [0, 0.05) is 24.0 Å². The van der Waals surface area contributed by atoms with Crippen LogP contribution in [0.15, 0.2) is 42.6 Å². The average Bonchev–Trinajstić information content (AvgIpc) is 2.92. The third kappa shape index (κ3) is 4.62. The molecule has 0 radical (unpaired) electrons. The predicted molar refractivity (Wildman–Crippen MR) is 105 cm³/mol. The third-order valence-corrected chi connectivity index (χ3v) is 4.21. The van der Waals surface area contributed by atoms with Gasteiger partial charge >= 0.3 is 0 Å². The lowest BCUT2D eigenvalue weighted by Gasteiger charge is -2.12. The van der Waals surface area contributed by atoms with Crippen molar-refractivity contribution in [1.29, 1.82) is 0 Å². The fraction of sp³-hybridized carbons (Fsp3) is 0.250. The Labute approximate surface area is 157 Å². The van der Waals surface area contributed by atoms with Crippen molar-refractivity contribution in [1.82, 2.24) is 4.90 Å². The lowest BCUT2D eigenvalue weighted by Crippen LogP contribution is -2.16. The smallest absolute Gasteiger partial charge is 0.257 e. The Morgan fingerprint density at radius 2 is 1.96 bits per heavy atom. The van der Waals surface area contributed by atoms with Crippen LogP contribution in [0.2, 0.25) is 0 Å². The fourth-order valence-corrected chi connectivity index (χ4v) is 2.83. The quantitative estimate of drug-likeness (QED) is 0.512. The van der Waals surface area contributed by atoms with E-state index in [1.54, 1.807) is 12.1 Å². The number of nitrogens with one attached hydrogen (secondary N) is 3. The number of benzene rings is 2. The van der Waals surface area contributed by atoms with Crippen LogP contribution in [0.5, 0.6) is 0 Å². The second kappa shape index (κ2) is 8.18. The number of fused-ring (bicyclic) bond motifs is 1. The molecule has 0 atom stereocenters. The molecule has 5 nitrogen and oxygen atoms in total. The molecule has 2 aromatic carbocycles. The van der Waals surface area contributed by atoms with Crippen LogP contribution in [0.1, 0.15) is 12.0 Å². The Kier molecular flexibility index (Phi) is 5.71. The molecule has 0 fully saturated rings. The minimum absolute atomic E-state index is 0.331. The van der Waals surface area contributed by atoms with E-state index >= 15 is 0 Å². The van der Waals surface area contributed by atoms with Crippen LogP contribution in [0.25, 0.3) is 5.57 Å². The number of amides is 1. The van der Waals surface area contributed by atoms with E-state index in [0.29, 0.717) is 34.7 Å². The molecule has 1 aliphatic heterocycles. The zero-order chi connectivity index (χ0) is 19.4. The maximum atomic E-state index is 14.2. The van der Waals surface area contributed by atoms with Gasteiger partial charge in [0.05, 0.1) is 16.9 Å². The number of carbonyl (C=O) groups is 1. The van der Waals surface area contributed by atoms with E-state index in [2.05, 4.69) is 20.9 Å². The van der Waals surface area contributed by atoms with Crippen molar-refractivity contribution in [3.8, 4) is 0 Å². The van der Waals surface area contributed by atoms with Crippen LogP contribution in [-0.4, -0.2) is 38.0 Å². The number of anilines is 3. The monoisotopic (exact) mass is 372 g/mol. The van der Waals surface area contributed by atoms with E-state index in [4.69, 9.17) is 0 Å². The third-order valence-electron chi connectivity index (χ3n) is 4.21. The first-order chi connectivity index (χ1) is 12.9. The van der Waals surface area contributed by atoms with Gasteiger partial charge in [-0.1, -0.05) is 0 Å². The number of hydrogen-bond donors (Lipinski definition) is 3. The molecule has 3 rings (SSSR count). The number of hydrogen-bond acceptors (Lipinski definition) is 4. The van der Waals surface area contributed by atoms with Crippen molar-refractivity contribution < 1.29 is 13.6 Å². The van der Waals surface area contributed by atoms with Crippen molar-refractivity contribution in [3.63, 3.8) is 0 Å². The van der Waals surface area contributed by atoms with Gasteiger partial charge in [0.15, 0.2) is 0 Å². The Morgan fingerprint density at radius 3 is 2.70 bits per heavy atom. The van der Waals surface area contributed by atoms with Crippen molar-refractivity contribution in [3.05, 3.63) is 59.8 Å². The number of carbonyl (C=O) groups excluding carboxylic acids is 1. The van der Waals surface area contributed by atoms with E-state index in [1.807, 2.05) is 14.1 Å². The fourth-order valence-electron chi connectivity index (χ4n) is 2.83. The molecule has 1 amide bonds. The largest absolute Gasteiger partial charge is 0.383 e. The summed E-state index contributed by atoms with van der Waals surface area (Å²) in [6, 6.07) is 8.85. The number of rotatable bonds is 7. The van der Waals surface area contributed by atoms with Crippen LogP contribution in [-0.2, 0) is 4.79 Å². The molecule has 1 heterocycles. The Hall–Kier alpha value is -2.93. The molecule has 0 aromatic heterocycles. The minimum atomic E-state index is -0.418. The van der Waals surface area contributed by atoms with Gasteiger partial charge in [-0.2, -0.15) is 0 Å². The maximum absolute atomic E-state index is 14.2. The molecule has 7 heteroatoms. The Morgan fingerprint density at radius 1 is 1.15 bits per heavy atom. The zero-order valence-electron chi connectivity index (χ0n) is 15.3. The van der Waals surface area contributed by atoms with Crippen molar-refractivity contribution in [2.24, 2.45) is 0 Å². The van der Waals surface area contributed by atoms with Crippen LogP contribution in [0.4, 0.5) is 25.8 Å². The van der Waals surface area contributed by atoms with Crippen LogP contribution in [0.3, 0.4) is 0 Å². The SMILES string of the molecule is CN(C)CCCNc1ccc(N/C=C2\C(=O)Nc3cc(F)ccc32)cc1F. The summed E-state index contributed by atoms with van der Waals surface area (Å²) in [5.41, 5.74) is 2.36. The average molecular weight is 372 g/mol. The van der Waals surface area contributed by atoms with Gasteiger partial charge in [-0.3, -0.25) is 4.79 Å². The van der Waals surface area contributed by atoms with Crippen LogP contribution >= 0.6 is 0 Å². The van der Waals surface area contributed by atoms with Gasteiger partial charge in [-0.25, -0.2) is 8.78 Å². The number of halogens is 2. The standard InChI is InChI=1S/C20H22F2N4O/c1-26(2)9-3-8-23-18-7-5-14(11-17(18)22)24-12-16-15-6-4-13(21)10-19(15)25-20(16)27/h4-7,10-12,23-24H,3,8-9H2,1-2H3,(H,25,27)/b16-12-. The molecule has 0 aliphatic carbocycles. The van der Waals surface area contributed by atoms with Crippen molar-refractivity contribution >= 4 is 28.5 Å². The summed E-state index contributed by atoms with van der Waals surface area (Å²) in [4.78, 5) is 14.1. The Balaban J connectivity index is 1.66. The molecule has 0 saturated carbocycles. The lowest BCUT2D eigenvalue weighted by molar-refractivity contribution is -0.110. The first-order valence-electron chi connectivity index (χ1n) is 8.70. The normalized spacial score (nSPS) is 14.4. The molecule has 27 heavy (non-hydrogen) atoms. The second-order valence-corrected chi connectivity index (χ2v) is 6.62. The molecule has 0 spiro atoms. The molecular weight excluding hydrogens is 350 g/mol. The summed E-state index contributed by atoms with van der Waals surface area (Å²) in [5.74, 6) is -1.12. The van der Waals surface area contributed by atoms with Gasteiger partial charge in [-0.05, 0) is 63.5 Å². The molecular formula is C20H22F2N4O. The summed E-state index contributed by atoms with van der Waals surface area (Å²) >= 11 is 0.